The summed E-state index contributed by atoms with van der Waals surface area (Å²) < 4.78 is 30.1. The number of hydrogen-bond donors (Lipinski definition) is 1. The standard InChI is InChI=1S/C18H19ClN2O5S/c1-21(11-13-7-9-14(19)10-8-13)17(22)12-26-18(23)15-5-3-4-6-16(15)20-27(2,24)25/h3-10,20H,11-12H2,1-2H3. The van der Waals surface area contributed by atoms with Crippen LogP contribution in [0.5, 0.6) is 0 Å². The number of nitrogens with zero attached hydrogens (tertiary/aromatic N) is 1. The lowest BCUT2D eigenvalue weighted by Crippen LogP contribution is -2.31. The molecule has 0 aliphatic carbocycles. The molecule has 144 valence electrons. The van der Waals surface area contributed by atoms with Gasteiger partial charge in [-0.2, -0.15) is 0 Å². The van der Waals surface area contributed by atoms with Crippen molar-refractivity contribution in [3.63, 3.8) is 0 Å². The highest BCUT2D eigenvalue weighted by molar-refractivity contribution is 7.92. The third kappa shape index (κ3) is 6.58. The quantitative estimate of drug-likeness (QED) is 0.708. The maximum absolute atomic E-state index is 12.2. The minimum Gasteiger partial charge on any atom is -0.452 e. The summed E-state index contributed by atoms with van der Waals surface area (Å²) in [4.78, 5) is 25.8. The zero-order chi connectivity index (χ0) is 20.0. The largest absolute Gasteiger partial charge is 0.452 e. The van der Waals surface area contributed by atoms with Crippen molar-refractivity contribution >= 4 is 39.2 Å². The van der Waals surface area contributed by atoms with Gasteiger partial charge >= 0.3 is 5.97 Å². The molecule has 0 aromatic heterocycles. The fraction of sp³-hybridized carbons (Fsp3) is 0.222. The summed E-state index contributed by atoms with van der Waals surface area (Å²) in [6.45, 7) is -0.129. The summed E-state index contributed by atoms with van der Waals surface area (Å²) in [6, 6.07) is 13.0. The molecule has 9 heteroatoms. The second kappa shape index (κ2) is 8.88. The van der Waals surface area contributed by atoms with Gasteiger partial charge in [0, 0.05) is 18.6 Å². The molecule has 0 saturated heterocycles. The van der Waals surface area contributed by atoms with Crippen LogP contribution in [0.15, 0.2) is 48.5 Å². The van der Waals surface area contributed by atoms with Crippen LogP contribution in [0.3, 0.4) is 0 Å². The highest BCUT2D eigenvalue weighted by atomic mass is 35.5. The molecule has 0 fully saturated rings. The number of amides is 1. The normalized spacial score (nSPS) is 10.9. The number of carbonyl (C=O) groups is 2. The molecule has 0 bridgehead atoms. The lowest BCUT2D eigenvalue weighted by Gasteiger charge is -2.17. The van der Waals surface area contributed by atoms with Crippen LogP contribution in [0.25, 0.3) is 0 Å². The van der Waals surface area contributed by atoms with Gasteiger partial charge in [-0.15, -0.1) is 0 Å². The average molecular weight is 411 g/mol. The Kier molecular flexibility index (Phi) is 6.81. The van der Waals surface area contributed by atoms with Gasteiger partial charge in [0.15, 0.2) is 6.61 Å². The second-order valence-electron chi connectivity index (χ2n) is 5.87. The molecule has 0 spiro atoms. The molecular weight excluding hydrogens is 392 g/mol. The molecule has 0 saturated carbocycles. The van der Waals surface area contributed by atoms with Crippen LogP contribution in [-0.2, 0) is 26.1 Å². The predicted molar refractivity (Wildman–Crippen MR) is 103 cm³/mol. The smallest absolute Gasteiger partial charge is 0.340 e. The topological polar surface area (TPSA) is 92.8 Å². The van der Waals surface area contributed by atoms with Gasteiger partial charge in [-0.3, -0.25) is 9.52 Å². The van der Waals surface area contributed by atoms with E-state index in [0.29, 0.717) is 11.6 Å². The molecule has 0 radical (unpaired) electrons. The van der Waals surface area contributed by atoms with Crippen molar-refractivity contribution < 1.29 is 22.7 Å². The summed E-state index contributed by atoms with van der Waals surface area (Å²) in [5, 5.41) is 0.600. The Morgan fingerprint density at radius 3 is 2.37 bits per heavy atom. The molecule has 0 atom stereocenters. The van der Waals surface area contributed by atoms with Crippen molar-refractivity contribution in [2.45, 2.75) is 6.54 Å². The molecule has 1 amide bonds. The number of sulfonamides is 1. The Bertz CT molecular complexity index is 929. The second-order valence-corrected chi connectivity index (χ2v) is 8.06. The van der Waals surface area contributed by atoms with Crippen molar-refractivity contribution in [1.29, 1.82) is 0 Å². The van der Waals surface area contributed by atoms with Gasteiger partial charge in [0.05, 0.1) is 17.5 Å². The summed E-state index contributed by atoms with van der Waals surface area (Å²) in [5.41, 5.74) is 0.993. The molecule has 2 rings (SSSR count). The lowest BCUT2D eigenvalue weighted by atomic mass is 10.2. The third-order valence-electron chi connectivity index (χ3n) is 3.53. The Labute approximate surface area is 162 Å². The van der Waals surface area contributed by atoms with E-state index >= 15 is 0 Å². The number of halogens is 1. The van der Waals surface area contributed by atoms with Crippen molar-refractivity contribution in [3.05, 3.63) is 64.7 Å². The Morgan fingerprint density at radius 2 is 1.74 bits per heavy atom. The van der Waals surface area contributed by atoms with Gasteiger partial charge in [0.25, 0.3) is 5.91 Å². The van der Waals surface area contributed by atoms with E-state index in [9.17, 15) is 18.0 Å². The summed E-state index contributed by atoms with van der Waals surface area (Å²) in [5.74, 6) is -1.19. The molecule has 0 heterocycles. The lowest BCUT2D eigenvalue weighted by molar-refractivity contribution is -0.133. The van der Waals surface area contributed by atoms with Crippen molar-refractivity contribution in [2.24, 2.45) is 0 Å². The van der Waals surface area contributed by atoms with Crippen LogP contribution in [0, 0.1) is 0 Å². The van der Waals surface area contributed by atoms with Crippen molar-refractivity contribution in [1.82, 2.24) is 4.90 Å². The van der Waals surface area contributed by atoms with Crippen LogP contribution in [0.2, 0.25) is 5.02 Å². The maximum atomic E-state index is 12.2. The number of para-hydroxylation sites is 1. The average Bonchev–Trinajstić information content (AvgIpc) is 2.60. The van der Waals surface area contributed by atoms with Crippen molar-refractivity contribution in [3.8, 4) is 0 Å². The van der Waals surface area contributed by atoms with E-state index in [-0.39, 0.29) is 11.3 Å². The highest BCUT2D eigenvalue weighted by Crippen LogP contribution is 2.17. The molecule has 0 aliphatic rings. The number of esters is 1. The molecule has 0 unspecified atom stereocenters. The van der Waals surface area contributed by atoms with Crippen LogP contribution >= 0.6 is 11.6 Å². The summed E-state index contributed by atoms with van der Waals surface area (Å²) in [7, 11) is -1.97. The molecule has 2 aromatic rings. The SMILES string of the molecule is CN(Cc1ccc(Cl)cc1)C(=O)COC(=O)c1ccccc1NS(C)(=O)=O. The zero-order valence-electron chi connectivity index (χ0n) is 14.8. The number of nitrogens with one attached hydrogen (secondary N) is 1. The van der Waals surface area contributed by atoms with Gasteiger partial charge < -0.3 is 9.64 Å². The molecule has 2 aromatic carbocycles. The number of hydrogen-bond acceptors (Lipinski definition) is 5. The Hall–Kier alpha value is -2.58. The molecule has 7 nitrogen and oxygen atoms in total. The minimum atomic E-state index is -3.56. The fourth-order valence-corrected chi connectivity index (χ4v) is 2.92. The first-order valence-corrected chi connectivity index (χ1v) is 10.1. The van der Waals surface area contributed by atoms with Gasteiger partial charge in [0.1, 0.15) is 0 Å². The highest BCUT2D eigenvalue weighted by Gasteiger charge is 2.17. The van der Waals surface area contributed by atoms with E-state index < -0.39 is 28.5 Å². The Morgan fingerprint density at radius 1 is 1.11 bits per heavy atom. The molecular formula is C18H19ClN2O5S. The van der Waals surface area contributed by atoms with E-state index in [2.05, 4.69) is 4.72 Å². The van der Waals surface area contributed by atoms with Gasteiger partial charge in [-0.05, 0) is 29.8 Å². The molecule has 1 N–H and O–H groups in total. The first-order valence-electron chi connectivity index (χ1n) is 7.88. The first-order chi connectivity index (χ1) is 12.7. The van der Waals surface area contributed by atoms with E-state index in [1.54, 1.807) is 43.4 Å². The van der Waals surface area contributed by atoms with Crippen LogP contribution in [0.4, 0.5) is 5.69 Å². The first kappa shape index (κ1) is 20.7. The van der Waals surface area contributed by atoms with Gasteiger partial charge in [0.2, 0.25) is 10.0 Å². The number of likely N-dealkylation sites (N-methyl/N-ethyl adjacent to an activating group) is 1. The molecule has 0 aliphatic heterocycles. The number of ether oxygens (including phenoxy) is 1. The summed E-state index contributed by atoms with van der Waals surface area (Å²) in [6.07, 6.45) is 0.977. The monoisotopic (exact) mass is 410 g/mol. The predicted octanol–water partition coefficient (Wildman–Crippen LogP) is 2.53. The van der Waals surface area contributed by atoms with Gasteiger partial charge in [-0.25, -0.2) is 13.2 Å². The van der Waals surface area contributed by atoms with Gasteiger partial charge in [-0.1, -0.05) is 35.9 Å². The maximum Gasteiger partial charge on any atom is 0.340 e. The Balaban J connectivity index is 1.96. The zero-order valence-corrected chi connectivity index (χ0v) is 16.4. The van der Waals surface area contributed by atoms with Crippen LogP contribution in [0.1, 0.15) is 15.9 Å². The van der Waals surface area contributed by atoms with Crippen LogP contribution < -0.4 is 4.72 Å². The van der Waals surface area contributed by atoms with E-state index in [1.165, 1.54) is 17.0 Å². The minimum absolute atomic E-state index is 0.0241. The molecule has 27 heavy (non-hydrogen) atoms. The number of anilines is 1. The fourth-order valence-electron chi connectivity index (χ4n) is 2.22. The van der Waals surface area contributed by atoms with E-state index in [4.69, 9.17) is 16.3 Å². The summed E-state index contributed by atoms with van der Waals surface area (Å²) >= 11 is 5.83. The number of carbonyl (C=O) groups excluding carboxylic acids is 2. The number of benzene rings is 2. The van der Waals surface area contributed by atoms with Crippen LogP contribution in [-0.4, -0.2) is 45.1 Å². The number of rotatable bonds is 7. The van der Waals surface area contributed by atoms with Crippen molar-refractivity contribution in [2.75, 3.05) is 24.6 Å². The third-order valence-corrected chi connectivity index (χ3v) is 4.37. The van der Waals surface area contributed by atoms with E-state index in [0.717, 1.165) is 11.8 Å². The van der Waals surface area contributed by atoms with E-state index in [1.807, 2.05) is 0 Å².